The molecule has 1 radical (unpaired) electrons. The van der Waals surface area contributed by atoms with Crippen molar-refractivity contribution in [2.75, 3.05) is 0 Å². The van der Waals surface area contributed by atoms with Gasteiger partial charge in [0, 0.05) is 0 Å². The maximum Gasteiger partial charge on any atom is -0.0170 e. The van der Waals surface area contributed by atoms with Crippen molar-refractivity contribution >= 4 is 17.6 Å². The Kier molecular flexibility index (Phi) is 5.69. The molecule has 1 heteroatoms. The Morgan fingerprint density at radius 1 is 1.43 bits per heavy atom. The first-order valence-electron chi connectivity index (χ1n) is 2.29. The summed E-state index contributed by atoms with van der Waals surface area (Å²) in [6.07, 6.45) is 5.82. The third-order valence-corrected chi connectivity index (χ3v) is 0.854. The van der Waals surface area contributed by atoms with Crippen molar-refractivity contribution < 1.29 is 0 Å². The van der Waals surface area contributed by atoms with Crippen LogP contribution in [0.2, 0.25) is 0 Å². The molecule has 39 valence electrons. The van der Waals surface area contributed by atoms with Gasteiger partial charge in [-0.25, -0.2) is 0 Å². The van der Waals surface area contributed by atoms with Crippen LogP contribution in [0.25, 0.3) is 0 Å². The van der Waals surface area contributed by atoms with E-state index in [4.69, 9.17) is 0 Å². The van der Waals surface area contributed by atoms with E-state index in [1.165, 1.54) is 0 Å². The van der Waals surface area contributed by atoms with Crippen LogP contribution in [0.15, 0.2) is 12.7 Å². The maximum atomic E-state index is 4.59. The van der Waals surface area contributed by atoms with E-state index < -0.39 is 0 Å². The molecule has 0 aliphatic rings. The summed E-state index contributed by atoms with van der Waals surface area (Å²) in [7, 11) is 0. The van der Waals surface area contributed by atoms with E-state index in [0.717, 1.165) is 12.8 Å². The summed E-state index contributed by atoms with van der Waals surface area (Å²) in [4.78, 5) is 0. The number of allylic oxidation sites excluding steroid dienone is 1. The van der Waals surface area contributed by atoms with Gasteiger partial charge >= 0.3 is 0 Å². The van der Waals surface area contributed by atoms with Crippen molar-refractivity contribution in [1.82, 2.24) is 0 Å². The molecule has 0 rings (SSSR count). The Labute approximate surface area is 50.2 Å². The van der Waals surface area contributed by atoms with E-state index in [2.05, 4.69) is 18.8 Å². The molecular weight excluding hydrogens is 104 g/mol. The topological polar surface area (TPSA) is 0 Å². The lowest BCUT2D eigenvalue weighted by molar-refractivity contribution is 1.07. The first-order valence-corrected chi connectivity index (χ1v) is 2.77. The lowest BCUT2D eigenvalue weighted by Gasteiger charge is -1.82. The number of rotatable bonds is 4. The minimum atomic E-state index is 0.987. The van der Waals surface area contributed by atoms with E-state index >= 15 is 0 Å². The second-order valence-corrected chi connectivity index (χ2v) is 1.55. The van der Waals surface area contributed by atoms with Gasteiger partial charge in [0.05, 0.1) is 0 Å². The van der Waals surface area contributed by atoms with Crippen LogP contribution in [-0.2, 0) is 0 Å². The molecule has 7 heavy (non-hydrogen) atoms. The minimum Gasteiger partial charge on any atom is -0.103 e. The van der Waals surface area contributed by atoms with Crippen LogP contribution >= 0.6 is 12.2 Å². The third-order valence-electron chi connectivity index (χ3n) is 0.618. The largest absolute Gasteiger partial charge is 0.103 e. The molecule has 0 saturated carbocycles. The Balaban J connectivity index is 2.68. The fourth-order valence-corrected chi connectivity index (χ4v) is 0.418. The lowest BCUT2D eigenvalue weighted by atomic mass is 10.2. The van der Waals surface area contributed by atoms with Crippen LogP contribution in [0, 0.1) is 6.42 Å². The predicted octanol–water partition coefficient (Wildman–Crippen LogP) is 2.16. The normalized spacial score (nSPS) is 8.00. The molecule has 0 aromatic carbocycles. The zero-order chi connectivity index (χ0) is 5.54. The summed E-state index contributed by atoms with van der Waals surface area (Å²) < 4.78 is 0. The van der Waals surface area contributed by atoms with Crippen molar-refractivity contribution in [1.29, 1.82) is 0 Å². The zero-order valence-corrected chi connectivity index (χ0v) is 5.08. The molecule has 0 bridgehead atoms. The summed E-state index contributed by atoms with van der Waals surface area (Å²) in [6, 6.07) is 0. The highest BCUT2D eigenvalue weighted by molar-refractivity contribution is 7.78. The second kappa shape index (κ2) is 5.83. The van der Waals surface area contributed by atoms with Crippen molar-refractivity contribution in [3.8, 4) is 0 Å². The van der Waals surface area contributed by atoms with Crippen molar-refractivity contribution in [2.24, 2.45) is 0 Å². The molecule has 0 amide bonds. The summed E-state index contributed by atoms with van der Waals surface area (Å²) >= 11 is 4.59. The quantitative estimate of drug-likeness (QED) is 0.397. The van der Waals surface area contributed by atoms with E-state index in [0.29, 0.717) is 0 Å². The first kappa shape index (κ1) is 6.83. The fraction of sp³-hybridized carbons (Fsp3) is 0.333. The van der Waals surface area contributed by atoms with Gasteiger partial charge in [-0.2, -0.15) is 0 Å². The van der Waals surface area contributed by atoms with E-state index in [1.807, 2.05) is 6.42 Å². The Morgan fingerprint density at radius 2 is 2.14 bits per heavy atom. The van der Waals surface area contributed by atoms with E-state index in [-0.39, 0.29) is 0 Å². The van der Waals surface area contributed by atoms with Gasteiger partial charge in [0.2, 0.25) is 0 Å². The Morgan fingerprint density at radius 3 is 2.57 bits per heavy atom. The average Bonchev–Trinajstić information content (AvgIpc) is 1.69. The van der Waals surface area contributed by atoms with Crippen LogP contribution < -0.4 is 0 Å². The van der Waals surface area contributed by atoms with Gasteiger partial charge < -0.3 is 0 Å². The van der Waals surface area contributed by atoms with Gasteiger partial charge in [0.1, 0.15) is 0 Å². The highest BCUT2D eigenvalue weighted by Crippen LogP contribution is 1.89. The van der Waals surface area contributed by atoms with Gasteiger partial charge in [-0.1, -0.05) is 18.3 Å². The summed E-state index contributed by atoms with van der Waals surface area (Å²) in [5, 5.41) is 1.74. The summed E-state index contributed by atoms with van der Waals surface area (Å²) in [5.74, 6) is 0. The zero-order valence-electron chi connectivity index (χ0n) is 4.26. The molecule has 0 unspecified atom stereocenters. The van der Waals surface area contributed by atoms with Gasteiger partial charge in [-0.15, -0.1) is 6.58 Å². The molecule has 0 aromatic rings. The predicted molar refractivity (Wildman–Crippen MR) is 37.4 cm³/mol. The molecule has 0 fully saturated rings. The van der Waals surface area contributed by atoms with Crippen LogP contribution in [0.4, 0.5) is 0 Å². The first-order chi connectivity index (χ1) is 3.41. The molecule has 0 spiro atoms. The van der Waals surface area contributed by atoms with Gasteiger partial charge in [-0.3, -0.25) is 0 Å². The van der Waals surface area contributed by atoms with Crippen LogP contribution in [0.1, 0.15) is 12.8 Å². The van der Waals surface area contributed by atoms with E-state index in [9.17, 15) is 0 Å². The third kappa shape index (κ3) is 5.83. The average molecular weight is 113 g/mol. The number of thiocarbonyl (C=S) groups is 1. The van der Waals surface area contributed by atoms with Crippen molar-refractivity contribution in [3.63, 3.8) is 0 Å². The molecule has 0 aromatic heterocycles. The van der Waals surface area contributed by atoms with Gasteiger partial charge in [-0.05, 0) is 24.6 Å². The molecule has 0 aliphatic heterocycles. The Hall–Kier alpha value is -0.170. The molecular formula is C6H9S. The Bertz CT molecular complexity index is 49.2. The van der Waals surface area contributed by atoms with Gasteiger partial charge in [0.15, 0.2) is 0 Å². The van der Waals surface area contributed by atoms with E-state index in [1.54, 1.807) is 11.4 Å². The number of hydrogen-bond acceptors (Lipinski definition) is 1. The smallest absolute Gasteiger partial charge is 0.0170 e. The minimum absolute atomic E-state index is 0.987. The fourth-order valence-electron chi connectivity index (χ4n) is 0.282. The monoisotopic (exact) mass is 113 g/mol. The van der Waals surface area contributed by atoms with Crippen LogP contribution in [0.5, 0.6) is 0 Å². The molecule has 0 saturated heterocycles. The summed E-state index contributed by atoms with van der Waals surface area (Å²) in [6.45, 7) is 3.53. The molecule has 0 N–H and O–H groups in total. The molecule has 0 heterocycles. The van der Waals surface area contributed by atoms with Crippen LogP contribution in [-0.4, -0.2) is 5.37 Å². The second-order valence-electron chi connectivity index (χ2n) is 1.22. The van der Waals surface area contributed by atoms with Crippen LogP contribution in [0.3, 0.4) is 0 Å². The van der Waals surface area contributed by atoms with Crippen molar-refractivity contribution in [3.05, 3.63) is 19.1 Å². The SMILES string of the molecule is C=C[CH]CCC=S. The molecule has 0 aliphatic carbocycles. The molecule has 0 nitrogen and oxygen atoms in total. The number of hydrogen-bond donors (Lipinski definition) is 0. The van der Waals surface area contributed by atoms with Crippen molar-refractivity contribution in [2.45, 2.75) is 12.8 Å². The number of unbranched alkanes of at least 4 members (excludes halogenated alkanes) is 2. The highest BCUT2D eigenvalue weighted by Gasteiger charge is 1.75. The molecule has 0 atom stereocenters. The summed E-state index contributed by atoms with van der Waals surface area (Å²) in [5.41, 5.74) is 0. The standard InChI is InChI=1S/C6H9S/c1-2-3-4-5-6-7/h2-3,6H,1,4-5H2. The lowest BCUT2D eigenvalue weighted by Crippen LogP contribution is -1.70. The maximum absolute atomic E-state index is 4.59. The van der Waals surface area contributed by atoms with Gasteiger partial charge in [0.25, 0.3) is 0 Å². The highest BCUT2D eigenvalue weighted by atomic mass is 32.1.